The molecule has 28 heavy (non-hydrogen) atoms. The van der Waals surface area contributed by atoms with Crippen LogP contribution in [0.25, 0.3) is 0 Å². The summed E-state index contributed by atoms with van der Waals surface area (Å²) in [7, 11) is 0. The SMILES string of the molecule is NC1CCN(c2ccc(C(=O)N3CCCC(c4ccccc4)C3)c(Cl)c2)CC1. The van der Waals surface area contributed by atoms with E-state index in [0.29, 0.717) is 22.5 Å². The van der Waals surface area contributed by atoms with Gasteiger partial charge in [0.05, 0.1) is 10.6 Å². The van der Waals surface area contributed by atoms with Crippen LogP contribution in [-0.4, -0.2) is 43.0 Å². The topological polar surface area (TPSA) is 49.6 Å². The van der Waals surface area contributed by atoms with Gasteiger partial charge < -0.3 is 15.5 Å². The molecule has 4 rings (SSSR count). The van der Waals surface area contributed by atoms with Gasteiger partial charge in [-0.1, -0.05) is 41.9 Å². The number of halogens is 1. The number of benzene rings is 2. The molecule has 2 fully saturated rings. The summed E-state index contributed by atoms with van der Waals surface area (Å²) < 4.78 is 0. The smallest absolute Gasteiger partial charge is 0.255 e. The van der Waals surface area contributed by atoms with Gasteiger partial charge in [-0.3, -0.25) is 4.79 Å². The molecule has 2 N–H and O–H groups in total. The third kappa shape index (κ3) is 4.18. The minimum Gasteiger partial charge on any atom is -0.371 e. The second kappa shape index (κ2) is 8.54. The highest BCUT2D eigenvalue weighted by atomic mass is 35.5. The number of amides is 1. The van der Waals surface area contributed by atoms with E-state index in [1.54, 1.807) is 0 Å². The van der Waals surface area contributed by atoms with Gasteiger partial charge >= 0.3 is 0 Å². The number of carbonyl (C=O) groups excluding carboxylic acids is 1. The number of hydrogen-bond acceptors (Lipinski definition) is 3. The number of rotatable bonds is 3. The van der Waals surface area contributed by atoms with Crippen LogP contribution in [0.4, 0.5) is 5.69 Å². The summed E-state index contributed by atoms with van der Waals surface area (Å²) in [6.07, 6.45) is 4.13. The standard InChI is InChI=1S/C23H28ClN3O/c24-22-15-20(26-13-10-19(25)11-14-26)8-9-21(22)23(28)27-12-4-7-18(16-27)17-5-2-1-3-6-17/h1-3,5-6,8-9,15,18-19H,4,7,10-14,16,25H2. The first-order chi connectivity index (χ1) is 13.6. The fourth-order valence-electron chi connectivity index (χ4n) is 4.36. The van der Waals surface area contributed by atoms with Crippen molar-refractivity contribution >= 4 is 23.2 Å². The van der Waals surface area contributed by atoms with Crippen LogP contribution in [-0.2, 0) is 0 Å². The maximum Gasteiger partial charge on any atom is 0.255 e. The molecule has 5 heteroatoms. The van der Waals surface area contributed by atoms with Crippen molar-refractivity contribution < 1.29 is 4.79 Å². The van der Waals surface area contributed by atoms with Crippen molar-refractivity contribution in [2.24, 2.45) is 5.73 Å². The molecule has 0 aromatic heterocycles. The van der Waals surface area contributed by atoms with Gasteiger partial charge in [-0.2, -0.15) is 0 Å². The van der Waals surface area contributed by atoms with Gasteiger partial charge in [0, 0.05) is 43.8 Å². The summed E-state index contributed by atoms with van der Waals surface area (Å²) in [4.78, 5) is 17.4. The molecule has 2 aromatic carbocycles. The van der Waals surface area contributed by atoms with E-state index in [0.717, 1.165) is 57.5 Å². The highest BCUT2D eigenvalue weighted by Gasteiger charge is 2.27. The van der Waals surface area contributed by atoms with Crippen LogP contribution in [0.15, 0.2) is 48.5 Å². The van der Waals surface area contributed by atoms with Crippen LogP contribution in [0.2, 0.25) is 5.02 Å². The highest BCUT2D eigenvalue weighted by Crippen LogP contribution is 2.30. The van der Waals surface area contributed by atoms with E-state index < -0.39 is 0 Å². The Morgan fingerprint density at radius 2 is 1.75 bits per heavy atom. The van der Waals surface area contributed by atoms with E-state index in [4.69, 9.17) is 17.3 Å². The molecule has 0 spiro atoms. The lowest BCUT2D eigenvalue weighted by molar-refractivity contribution is 0.0707. The predicted molar refractivity (Wildman–Crippen MR) is 115 cm³/mol. The maximum absolute atomic E-state index is 13.1. The Kier molecular flexibility index (Phi) is 5.88. The quantitative estimate of drug-likeness (QED) is 0.840. The Morgan fingerprint density at radius 3 is 2.46 bits per heavy atom. The first-order valence-electron chi connectivity index (χ1n) is 10.3. The molecule has 2 heterocycles. The fourth-order valence-corrected chi connectivity index (χ4v) is 4.62. The van der Waals surface area contributed by atoms with Gasteiger partial charge in [-0.15, -0.1) is 0 Å². The molecule has 1 unspecified atom stereocenters. The molecule has 1 amide bonds. The van der Waals surface area contributed by atoms with E-state index >= 15 is 0 Å². The molecule has 4 nitrogen and oxygen atoms in total. The normalized spacial score (nSPS) is 21.0. The lowest BCUT2D eigenvalue weighted by Crippen LogP contribution is -2.40. The van der Waals surface area contributed by atoms with Crippen LogP contribution >= 0.6 is 11.6 Å². The van der Waals surface area contributed by atoms with E-state index in [1.807, 2.05) is 29.2 Å². The summed E-state index contributed by atoms with van der Waals surface area (Å²) in [6.45, 7) is 3.43. The summed E-state index contributed by atoms with van der Waals surface area (Å²) in [5.41, 5.74) is 8.99. The van der Waals surface area contributed by atoms with Crippen LogP contribution in [0, 0.1) is 0 Å². The van der Waals surface area contributed by atoms with E-state index in [-0.39, 0.29) is 5.91 Å². The first kappa shape index (κ1) is 19.3. The molecule has 0 radical (unpaired) electrons. The minimum atomic E-state index is 0.0397. The van der Waals surface area contributed by atoms with E-state index in [2.05, 4.69) is 29.2 Å². The lowest BCUT2D eigenvalue weighted by atomic mass is 9.90. The van der Waals surface area contributed by atoms with Crippen molar-refractivity contribution in [1.82, 2.24) is 4.90 Å². The largest absolute Gasteiger partial charge is 0.371 e. The van der Waals surface area contributed by atoms with E-state index in [9.17, 15) is 4.79 Å². The van der Waals surface area contributed by atoms with Crippen LogP contribution in [0.5, 0.6) is 0 Å². The fraction of sp³-hybridized carbons (Fsp3) is 0.435. The second-order valence-corrected chi connectivity index (χ2v) is 8.40. The summed E-state index contributed by atoms with van der Waals surface area (Å²) >= 11 is 6.55. The Morgan fingerprint density at radius 1 is 1.00 bits per heavy atom. The zero-order chi connectivity index (χ0) is 19.5. The molecule has 2 aromatic rings. The Balaban J connectivity index is 1.47. The van der Waals surface area contributed by atoms with Gasteiger partial charge in [0.1, 0.15) is 0 Å². The Labute approximate surface area is 172 Å². The molecule has 2 aliphatic heterocycles. The molecule has 2 aliphatic rings. The van der Waals surface area contributed by atoms with Crippen molar-refractivity contribution in [3.63, 3.8) is 0 Å². The molecule has 2 saturated heterocycles. The van der Waals surface area contributed by atoms with Crippen molar-refractivity contribution in [3.05, 3.63) is 64.7 Å². The van der Waals surface area contributed by atoms with Gasteiger partial charge in [-0.25, -0.2) is 0 Å². The van der Waals surface area contributed by atoms with Crippen molar-refractivity contribution in [2.75, 3.05) is 31.1 Å². The molecule has 1 atom stereocenters. The Bertz CT molecular complexity index is 818. The van der Waals surface area contributed by atoms with Gasteiger partial charge in [0.2, 0.25) is 0 Å². The molecular formula is C23H28ClN3O. The Hall–Kier alpha value is -2.04. The lowest BCUT2D eigenvalue weighted by Gasteiger charge is -2.34. The number of likely N-dealkylation sites (tertiary alicyclic amines) is 1. The molecule has 0 bridgehead atoms. The third-order valence-corrected chi connectivity index (χ3v) is 6.38. The zero-order valence-electron chi connectivity index (χ0n) is 16.2. The summed E-state index contributed by atoms with van der Waals surface area (Å²) in [5, 5.41) is 0.541. The number of piperidine rings is 2. The zero-order valence-corrected chi connectivity index (χ0v) is 16.9. The van der Waals surface area contributed by atoms with E-state index in [1.165, 1.54) is 5.56 Å². The predicted octanol–water partition coefficient (Wildman–Crippen LogP) is 4.29. The van der Waals surface area contributed by atoms with Crippen molar-refractivity contribution in [2.45, 2.75) is 37.6 Å². The average Bonchev–Trinajstić information content (AvgIpc) is 2.74. The number of hydrogen-bond donors (Lipinski definition) is 1. The number of nitrogens with zero attached hydrogens (tertiary/aromatic N) is 2. The van der Waals surface area contributed by atoms with Crippen molar-refractivity contribution in [1.29, 1.82) is 0 Å². The highest BCUT2D eigenvalue weighted by molar-refractivity contribution is 6.34. The summed E-state index contributed by atoms with van der Waals surface area (Å²) in [6, 6.07) is 16.6. The number of anilines is 1. The van der Waals surface area contributed by atoms with Gasteiger partial charge in [-0.05, 0) is 49.4 Å². The van der Waals surface area contributed by atoms with Gasteiger partial charge in [0.25, 0.3) is 5.91 Å². The molecule has 148 valence electrons. The molecular weight excluding hydrogens is 370 g/mol. The molecule has 0 saturated carbocycles. The number of nitrogens with two attached hydrogens (primary N) is 1. The minimum absolute atomic E-state index is 0.0397. The molecule has 0 aliphatic carbocycles. The van der Waals surface area contributed by atoms with Crippen LogP contribution in [0.3, 0.4) is 0 Å². The van der Waals surface area contributed by atoms with Crippen molar-refractivity contribution in [3.8, 4) is 0 Å². The monoisotopic (exact) mass is 397 g/mol. The van der Waals surface area contributed by atoms with Gasteiger partial charge in [0.15, 0.2) is 0 Å². The third-order valence-electron chi connectivity index (χ3n) is 6.07. The van der Waals surface area contributed by atoms with Crippen LogP contribution in [0.1, 0.15) is 47.5 Å². The average molecular weight is 398 g/mol. The second-order valence-electron chi connectivity index (χ2n) is 7.99. The summed E-state index contributed by atoms with van der Waals surface area (Å²) in [5.74, 6) is 0.437. The van der Waals surface area contributed by atoms with Crippen LogP contribution < -0.4 is 10.6 Å². The number of carbonyl (C=O) groups is 1. The maximum atomic E-state index is 13.1. The first-order valence-corrected chi connectivity index (χ1v) is 10.6.